The van der Waals surface area contributed by atoms with E-state index in [1.807, 2.05) is 18.2 Å². The lowest BCUT2D eigenvalue weighted by Crippen LogP contribution is -2.29. The number of nitrogens with one attached hydrogen (secondary N) is 1. The first-order valence-electron chi connectivity index (χ1n) is 11.9. The third kappa shape index (κ3) is 10.3. The van der Waals surface area contributed by atoms with Gasteiger partial charge in [-0.3, -0.25) is 0 Å². The summed E-state index contributed by atoms with van der Waals surface area (Å²) in [6.07, 6.45) is 5.19. The lowest BCUT2D eigenvalue weighted by atomic mass is 10.1. The monoisotopic (exact) mass is 444 g/mol. The Bertz CT molecular complexity index is 724. The summed E-state index contributed by atoms with van der Waals surface area (Å²) >= 11 is 0. The van der Waals surface area contributed by atoms with Crippen LogP contribution >= 0.6 is 0 Å². The molecule has 8 nitrogen and oxygen atoms in total. The maximum Gasteiger partial charge on any atom is 0.230 e. The van der Waals surface area contributed by atoms with Gasteiger partial charge in [0, 0.05) is 32.6 Å². The molecular weight excluding hydrogens is 404 g/mol. The van der Waals surface area contributed by atoms with Gasteiger partial charge in [-0.1, -0.05) is 57.0 Å². The molecule has 0 spiro atoms. The molecule has 0 saturated heterocycles. The molecule has 1 aromatic carbocycles. The van der Waals surface area contributed by atoms with E-state index in [-0.39, 0.29) is 0 Å². The number of anilines is 2. The first-order valence-corrected chi connectivity index (χ1v) is 11.9. The normalized spacial score (nSPS) is 11.0. The molecule has 0 fully saturated rings. The van der Waals surface area contributed by atoms with E-state index in [0.717, 1.165) is 50.5 Å². The Morgan fingerprint density at radius 1 is 0.875 bits per heavy atom. The molecule has 0 aliphatic carbocycles. The van der Waals surface area contributed by atoms with Gasteiger partial charge >= 0.3 is 0 Å². The fourth-order valence-corrected chi connectivity index (χ4v) is 3.14. The smallest absolute Gasteiger partial charge is 0.230 e. The van der Waals surface area contributed by atoms with E-state index >= 15 is 0 Å². The van der Waals surface area contributed by atoms with Crippen molar-refractivity contribution in [3.8, 4) is 0 Å². The van der Waals surface area contributed by atoms with Crippen molar-refractivity contribution < 1.29 is 9.47 Å². The number of unbranched alkanes of at least 4 members (excludes halogenated alkanes) is 2. The van der Waals surface area contributed by atoms with Crippen LogP contribution in [0.25, 0.3) is 0 Å². The SMILES string of the molecule is CCCCN(CCCC)c1nc(Cc2ccccc2)nc(NCCOCCOCCN)n1. The summed E-state index contributed by atoms with van der Waals surface area (Å²) in [6, 6.07) is 10.3. The van der Waals surface area contributed by atoms with Crippen LogP contribution in [0.4, 0.5) is 11.9 Å². The zero-order chi connectivity index (χ0) is 22.9. The molecule has 0 unspecified atom stereocenters. The number of hydrogen-bond donors (Lipinski definition) is 2. The second kappa shape index (κ2) is 16.4. The lowest BCUT2D eigenvalue weighted by molar-refractivity contribution is 0.0547. The summed E-state index contributed by atoms with van der Waals surface area (Å²) in [4.78, 5) is 16.5. The van der Waals surface area contributed by atoms with E-state index in [1.165, 1.54) is 5.56 Å². The van der Waals surface area contributed by atoms with Crippen molar-refractivity contribution >= 4 is 11.9 Å². The molecule has 178 valence electrons. The number of ether oxygens (including phenoxy) is 2. The van der Waals surface area contributed by atoms with Crippen LogP contribution in [0.3, 0.4) is 0 Å². The summed E-state index contributed by atoms with van der Waals surface area (Å²) in [5, 5.41) is 3.31. The van der Waals surface area contributed by atoms with Gasteiger partial charge in [-0.15, -0.1) is 0 Å². The Hall–Kier alpha value is -2.29. The molecule has 0 bridgehead atoms. The van der Waals surface area contributed by atoms with Gasteiger partial charge < -0.3 is 25.4 Å². The van der Waals surface area contributed by atoms with Crippen LogP contribution in [0.15, 0.2) is 30.3 Å². The van der Waals surface area contributed by atoms with Crippen LogP contribution in [0, 0.1) is 0 Å². The zero-order valence-electron chi connectivity index (χ0n) is 19.8. The van der Waals surface area contributed by atoms with Crippen molar-refractivity contribution in [2.24, 2.45) is 5.73 Å². The first-order chi connectivity index (χ1) is 15.8. The van der Waals surface area contributed by atoms with Crippen LogP contribution < -0.4 is 16.0 Å². The Balaban J connectivity index is 2.05. The van der Waals surface area contributed by atoms with Crippen molar-refractivity contribution in [2.45, 2.75) is 46.0 Å². The van der Waals surface area contributed by atoms with Crippen molar-refractivity contribution in [1.29, 1.82) is 0 Å². The minimum atomic E-state index is 0.530. The Morgan fingerprint density at radius 3 is 2.22 bits per heavy atom. The van der Waals surface area contributed by atoms with Crippen molar-refractivity contribution in [3.63, 3.8) is 0 Å². The number of nitrogens with zero attached hydrogens (tertiary/aromatic N) is 4. The summed E-state index contributed by atoms with van der Waals surface area (Å²) < 4.78 is 10.9. The second-order valence-corrected chi connectivity index (χ2v) is 7.67. The van der Waals surface area contributed by atoms with Crippen molar-refractivity contribution in [2.75, 3.05) is 62.8 Å². The predicted octanol–water partition coefficient (Wildman–Crippen LogP) is 3.27. The Morgan fingerprint density at radius 2 is 1.56 bits per heavy atom. The van der Waals surface area contributed by atoms with Crippen molar-refractivity contribution in [1.82, 2.24) is 15.0 Å². The molecule has 32 heavy (non-hydrogen) atoms. The average Bonchev–Trinajstić information content (AvgIpc) is 2.81. The van der Waals surface area contributed by atoms with Gasteiger partial charge in [0.2, 0.25) is 11.9 Å². The predicted molar refractivity (Wildman–Crippen MR) is 130 cm³/mol. The molecule has 1 heterocycles. The highest BCUT2D eigenvalue weighted by Crippen LogP contribution is 2.15. The number of rotatable bonds is 18. The molecule has 2 rings (SSSR count). The molecule has 0 aliphatic rings. The van der Waals surface area contributed by atoms with Crippen molar-refractivity contribution in [3.05, 3.63) is 41.7 Å². The Kier molecular flexibility index (Phi) is 13.3. The molecule has 1 aromatic heterocycles. The van der Waals surface area contributed by atoms with E-state index in [0.29, 0.717) is 51.9 Å². The fraction of sp³-hybridized carbons (Fsp3) is 0.625. The molecule has 0 aliphatic heterocycles. The van der Waals surface area contributed by atoms with Gasteiger partial charge in [0.25, 0.3) is 0 Å². The topological polar surface area (TPSA) is 98.4 Å². The van der Waals surface area contributed by atoms with Crippen LogP contribution in [0.1, 0.15) is 50.9 Å². The van der Waals surface area contributed by atoms with Gasteiger partial charge in [-0.25, -0.2) is 0 Å². The van der Waals surface area contributed by atoms with Crippen LogP contribution in [0.2, 0.25) is 0 Å². The molecule has 0 saturated carbocycles. The lowest BCUT2D eigenvalue weighted by Gasteiger charge is -2.23. The third-order valence-electron chi connectivity index (χ3n) is 4.88. The molecule has 0 amide bonds. The first kappa shape index (κ1) is 26.0. The van der Waals surface area contributed by atoms with Crippen LogP contribution in [-0.4, -0.2) is 67.6 Å². The minimum Gasteiger partial charge on any atom is -0.378 e. The summed E-state index contributed by atoms with van der Waals surface area (Å²) in [6.45, 7) is 9.69. The number of hydrogen-bond acceptors (Lipinski definition) is 8. The summed E-state index contributed by atoms with van der Waals surface area (Å²) in [7, 11) is 0. The molecule has 8 heteroatoms. The zero-order valence-corrected chi connectivity index (χ0v) is 19.8. The van der Waals surface area contributed by atoms with Crippen LogP contribution in [0.5, 0.6) is 0 Å². The maximum absolute atomic E-state index is 5.60. The van der Waals surface area contributed by atoms with E-state index < -0.39 is 0 Å². The van der Waals surface area contributed by atoms with E-state index in [1.54, 1.807) is 0 Å². The van der Waals surface area contributed by atoms with Gasteiger partial charge in [-0.2, -0.15) is 15.0 Å². The number of nitrogens with two attached hydrogens (primary N) is 1. The highest BCUT2D eigenvalue weighted by Gasteiger charge is 2.14. The van der Waals surface area contributed by atoms with Crippen LogP contribution in [-0.2, 0) is 15.9 Å². The van der Waals surface area contributed by atoms with E-state index in [9.17, 15) is 0 Å². The summed E-state index contributed by atoms with van der Waals surface area (Å²) in [5.41, 5.74) is 6.59. The van der Waals surface area contributed by atoms with Gasteiger partial charge in [0.1, 0.15) is 5.82 Å². The van der Waals surface area contributed by atoms with Gasteiger partial charge in [0.15, 0.2) is 0 Å². The number of benzene rings is 1. The highest BCUT2D eigenvalue weighted by atomic mass is 16.5. The van der Waals surface area contributed by atoms with Gasteiger partial charge in [0.05, 0.1) is 26.4 Å². The third-order valence-corrected chi connectivity index (χ3v) is 4.88. The summed E-state index contributed by atoms with van der Waals surface area (Å²) in [5.74, 6) is 2.13. The molecule has 2 aromatic rings. The second-order valence-electron chi connectivity index (χ2n) is 7.67. The Labute approximate surface area is 192 Å². The molecule has 3 N–H and O–H groups in total. The maximum atomic E-state index is 5.60. The number of aromatic nitrogens is 3. The van der Waals surface area contributed by atoms with E-state index in [4.69, 9.17) is 25.2 Å². The highest BCUT2D eigenvalue weighted by molar-refractivity contribution is 5.38. The minimum absolute atomic E-state index is 0.530. The van der Waals surface area contributed by atoms with Gasteiger partial charge in [-0.05, 0) is 18.4 Å². The molecule has 0 atom stereocenters. The quantitative estimate of drug-likeness (QED) is 0.338. The van der Waals surface area contributed by atoms with E-state index in [2.05, 4.69) is 41.2 Å². The molecule has 0 radical (unpaired) electrons. The molecular formula is C24H40N6O2. The largest absolute Gasteiger partial charge is 0.378 e. The average molecular weight is 445 g/mol. The fourth-order valence-electron chi connectivity index (χ4n) is 3.14. The standard InChI is InChI=1S/C24H40N6O2/c1-3-5-14-30(15-6-4-2)24-28-22(20-21-10-8-7-9-11-21)27-23(29-24)26-13-17-32-19-18-31-16-12-25/h7-11H,3-6,12-20,25H2,1-2H3,(H,26,27,28,29).